The molecule has 0 nitrogen and oxygen atoms in total. The molecule has 1 aromatic rings. The number of hydrogen-bond donors (Lipinski definition) is 0. The van der Waals surface area contributed by atoms with Gasteiger partial charge in [0.25, 0.3) is 5.92 Å². The summed E-state index contributed by atoms with van der Waals surface area (Å²) >= 11 is 0. The Morgan fingerprint density at radius 2 is 2.00 bits per heavy atom. The van der Waals surface area contributed by atoms with Crippen LogP contribution in [0.5, 0.6) is 0 Å². The summed E-state index contributed by atoms with van der Waals surface area (Å²) in [4.78, 5) is 0.176. The smallest absolute Gasteiger partial charge is 0.207 e. The molecular formula is C8H6ClF3S. The van der Waals surface area contributed by atoms with Crippen LogP contribution in [0.15, 0.2) is 23.1 Å². The zero-order chi connectivity index (χ0) is 10.1. The lowest BCUT2D eigenvalue weighted by Gasteiger charge is -2.13. The van der Waals surface area contributed by atoms with Gasteiger partial charge in [0.15, 0.2) is 0 Å². The molecule has 0 radical (unpaired) electrons. The average molecular weight is 227 g/mol. The van der Waals surface area contributed by atoms with Crippen LogP contribution in [-0.2, 0) is 5.92 Å². The Bertz CT molecular complexity index is 309. The molecule has 0 N–H and O–H groups in total. The van der Waals surface area contributed by atoms with Gasteiger partial charge in [-0.2, -0.15) is 0 Å². The average Bonchev–Trinajstić information content (AvgIpc) is 2.03. The molecule has 0 aromatic heterocycles. The van der Waals surface area contributed by atoms with Crippen LogP contribution in [0.3, 0.4) is 0 Å². The number of hydrogen-bond acceptors (Lipinski definition) is 1. The number of benzene rings is 1. The lowest BCUT2D eigenvalue weighted by atomic mass is 10.1. The van der Waals surface area contributed by atoms with Crippen molar-refractivity contribution in [1.29, 1.82) is 0 Å². The quantitative estimate of drug-likeness (QED) is 0.729. The summed E-state index contributed by atoms with van der Waals surface area (Å²) in [5.74, 6) is -3.76. The molecule has 0 bridgehead atoms. The van der Waals surface area contributed by atoms with Crippen molar-refractivity contribution in [2.75, 3.05) is 0 Å². The lowest BCUT2D eigenvalue weighted by Crippen LogP contribution is -2.08. The van der Waals surface area contributed by atoms with Crippen molar-refractivity contribution in [1.82, 2.24) is 0 Å². The summed E-state index contributed by atoms with van der Waals surface area (Å²) in [6.45, 7) is 0.707. The van der Waals surface area contributed by atoms with Crippen LogP contribution in [-0.4, -0.2) is 0 Å². The molecule has 0 aliphatic rings. The van der Waals surface area contributed by atoms with Crippen molar-refractivity contribution < 1.29 is 13.2 Å². The molecule has 72 valence electrons. The van der Waals surface area contributed by atoms with E-state index >= 15 is 0 Å². The summed E-state index contributed by atoms with van der Waals surface area (Å²) in [6.07, 6.45) is 0. The van der Waals surface area contributed by atoms with Gasteiger partial charge in [-0.15, -0.1) is 0 Å². The van der Waals surface area contributed by atoms with E-state index in [4.69, 9.17) is 10.7 Å². The third-order valence-electron chi connectivity index (χ3n) is 1.50. The highest BCUT2D eigenvalue weighted by Crippen LogP contribution is 2.36. The van der Waals surface area contributed by atoms with Crippen molar-refractivity contribution in [3.05, 3.63) is 29.6 Å². The molecule has 1 rings (SSSR count). The minimum atomic E-state index is -3.07. The van der Waals surface area contributed by atoms with E-state index in [1.165, 1.54) is 6.07 Å². The fourth-order valence-corrected chi connectivity index (χ4v) is 1.76. The van der Waals surface area contributed by atoms with Crippen LogP contribution in [0, 0.1) is 5.82 Å². The summed E-state index contributed by atoms with van der Waals surface area (Å²) in [5, 5.41) is 0. The van der Waals surface area contributed by atoms with Crippen molar-refractivity contribution >= 4 is 21.7 Å². The van der Waals surface area contributed by atoms with Gasteiger partial charge < -0.3 is 0 Å². The zero-order valence-electron chi connectivity index (χ0n) is 6.65. The van der Waals surface area contributed by atoms with E-state index in [0.29, 0.717) is 17.9 Å². The van der Waals surface area contributed by atoms with Gasteiger partial charge in [0.05, 0.1) is 0 Å². The van der Waals surface area contributed by atoms with Gasteiger partial charge in [-0.3, -0.25) is 0 Å². The standard InChI is InChI=1S/C8H6ClF3S/c1-8(11,12)6-4-5(10)2-3-7(6)13-9/h2-4H,1H3. The Morgan fingerprint density at radius 3 is 2.46 bits per heavy atom. The predicted molar refractivity (Wildman–Crippen MR) is 47.7 cm³/mol. The topological polar surface area (TPSA) is 0 Å². The molecule has 0 spiro atoms. The SMILES string of the molecule is CC(F)(F)c1cc(F)ccc1SCl. The van der Waals surface area contributed by atoms with Gasteiger partial charge >= 0.3 is 0 Å². The summed E-state index contributed by atoms with van der Waals surface area (Å²) < 4.78 is 38.3. The first-order valence-corrected chi connectivity index (χ1v) is 5.06. The van der Waals surface area contributed by atoms with E-state index in [2.05, 4.69) is 0 Å². The molecule has 13 heavy (non-hydrogen) atoms. The second-order valence-electron chi connectivity index (χ2n) is 2.61. The second kappa shape index (κ2) is 3.80. The third kappa shape index (κ3) is 2.54. The molecule has 0 fully saturated rings. The Kier molecular flexibility index (Phi) is 3.14. The van der Waals surface area contributed by atoms with Gasteiger partial charge in [-0.25, -0.2) is 13.2 Å². The number of alkyl halides is 2. The van der Waals surface area contributed by atoms with Crippen molar-refractivity contribution in [2.24, 2.45) is 0 Å². The minimum absolute atomic E-state index is 0.176. The maximum atomic E-state index is 12.8. The van der Waals surface area contributed by atoms with E-state index in [-0.39, 0.29) is 10.5 Å². The Balaban J connectivity index is 3.24. The first-order valence-electron chi connectivity index (χ1n) is 3.41. The van der Waals surface area contributed by atoms with E-state index in [9.17, 15) is 13.2 Å². The lowest BCUT2D eigenvalue weighted by molar-refractivity contribution is 0.0143. The van der Waals surface area contributed by atoms with Crippen molar-refractivity contribution in [3.8, 4) is 0 Å². The Labute approximate surface area is 82.6 Å². The van der Waals surface area contributed by atoms with Gasteiger partial charge in [0.1, 0.15) is 5.82 Å². The van der Waals surface area contributed by atoms with Crippen LogP contribution in [0.4, 0.5) is 13.2 Å². The molecule has 5 heteroatoms. The zero-order valence-corrected chi connectivity index (χ0v) is 8.22. The molecule has 0 unspecified atom stereocenters. The first-order chi connectivity index (χ1) is 5.95. The molecule has 0 saturated carbocycles. The molecule has 0 aliphatic carbocycles. The summed E-state index contributed by atoms with van der Waals surface area (Å²) in [6, 6.07) is 3.13. The fourth-order valence-electron chi connectivity index (χ4n) is 0.913. The van der Waals surface area contributed by atoms with Gasteiger partial charge in [-0.05, 0) is 39.9 Å². The van der Waals surface area contributed by atoms with Crippen LogP contribution < -0.4 is 0 Å². The molecule has 0 atom stereocenters. The third-order valence-corrected chi connectivity index (χ3v) is 2.52. The van der Waals surface area contributed by atoms with Gasteiger partial charge in [0.2, 0.25) is 0 Å². The van der Waals surface area contributed by atoms with E-state index in [0.717, 1.165) is 12.1 Å². The molecule has 0 heterocycles. The fraction of sp³-hybridized carbons (Fsp3) is 0.250. The number of halogens is 4. The second-order valence-corrected chi connectivity index (χ2v) is 3.66. The molecular weight excluding hydrogens is 221 g/mol. The van der Waals surface area contributed by atoms with E-state index < -0.39 is 11.7 Å². The van der Waals surface area contributed by atoms with Crippen LogP contribution in [0.1, 0.15) is 12.5 Å². The predicted octanol–water partition coefficient (Wildman–Crippen LogP) is 4.18. The monoisotopic (exact) mass is 226 g/mol. The Hall–Kier alpha value is -0.350. The van der Waals surface area contributed by atoms with Crippen LogP contribution in [0.2, 0.25) is 0 Å². The maximum Gasteiger partial charge on any atom is 0.271 e. The molecule has 0 saturated heterocycles. The normalized spacial score (nSPS) is 11.8. The van der Waals surface area contributed by atoms with Gasteiger partial charge in [0, 0.05) is 17.4 Å². The molecule has 0 amide bonds. The summed E-state index contributed by atoms with van der Waals surface area (Å²) in [5.41, 5.74) is -0.382. The molecule has 1 aromatic carbocycles. The highest BCUT2D eigenvalue weighted by molar-refractivity contribution is 8.21. The highest BCUT2D eigenvalue weighted by Gasteiger charge is 2.28. The van der Waals surface area contributed by atoms with Crippen LogP contribution >= 0.6 is 21.7 Å². The summed E-state index contributed by atoms with van der Waals surface area (Å²) in [7, 11) is 6.01. The van der Waals surface area contributed by atoms with E-state index in [1.54, 1.807) is 0 Å². The van der Waals surface area contributed by atoms with Crippen molar-refractivity contribution in [3.63, 3.8) is 0 Å². The van der Waals surface area contributed by atoms with Crippen LogP contribution in [0.25, 0.3) is 0 Å². The van der Waals surface area contributed by atoms with E-state index in [1.807, 2.05) is 0 Å². The van der Waals surface area contributed by atoms with Gasteiger partial charge in [-0.1, -0.05) is 0 Å². The molecule has 0 aliphatic heterocycles. The largest absolute Gasteiger partial charge is 0.271 e. The highest BCUT2D eigenvalue weighted by atomic mass is 35.7. The maximum absolute atomic E-state index is 12.8. The Morgan fingerprint density at radius 1 is 1.38 bits per heavy atom. The first kappa shape index (κ1) is 10.7. The van der Waals surface area contributed by atoms with Crippen molar-refractivity contribution in [2.45, 2.75) is 17.7 Å². The number of rotatable bonds is 2. The minimum Gasteiger partial charge on any atom is -0.207 e.